The summed E-state index contributed by atoms with van der Waals surface area (Å²) in [5.41, 5.74) is 0.805. The van der Waals surface area contributed by atoms with Crippen molar-refractivity contribution in [2.24, 2.45) is 5.92 Å². The second-order valence-corrected chi connectivity index (χ2v) is 8.52. The zero-order valence-corrected chi connectivity index (χ0v) is 18.8. The SMILES string of the molecule is COc1ccccc1C(=O)NC(C(=O)NCC1(c2cccc(F)c2)CCOCC1)C(C)C. The van der Waals surface area contributed by atoms with E-state index < -0.39 is 11.5 Å². The highest BCUT2D eigenvalue weighted by molar-refractivity contribution is 5.99. The van der Waals surface area contributed by atoms with Crippen LogP contribution < -0.4 is 15.4 Å². The maximum atomic E-state index is 13.9. The summed E-state index contributed by atoms with van der Waals surface area (Å²) in [4.78, 5) is 26.0. The molecular formula is C25H31FN2O4. The Morgan fingerprint density at radius 1 is 1.12 bits per heavy atom. The lowest BCUT2D eigenvalue weighted by Gasteiger charge is -2.38. The predicted molar refractivity (Wildman–Crippen MR) is 120 cm³/mol. The first-order chi connectivity index (χ1) is 15.4. The van der Waals surface area contributed by atoms with Crippen LogP contribution in [-0.2, 0) is 14.9 Å². The largest absolute Gasteiger partial charge is 0.496 e. The van der Waals surface area contributed by atoms with Gasteiger partial charge in [-0.3, -0.25) is 9.59 Å². The molecule has 6 nitrogen and oxygen atoms in total. The average molecular weight is 443 g/mol. The number of hydrogen-bond acceptors (Lipinski definition) is 4. The summed E-state index contributed by atoms with van der Waals surface area (Å²) >= 11 is 0. The van der Waals surface area contributed by atoms with Crippen molar-refractivity contribution in [3.05, 3.63) is 65.5 Å². The van der Waals surface area contributed by atoms with Crippen molar-refractivity contribution in [2.75, 3.05) is 26.9 Å². The standard InChI is InChI=1S/C25H31FN2O4/c1-17(2)22(28-23(29)20-9-4-5-10-21(20)31-3)24(30)27-16-25(11-13-32-14-12-25)18-7-6-8-19(26)15-18/h4-10,15,17,22H,11-14,16H2,1-3H3,(H,27,30)(H,28,29). The third kappa shape index (κ3) is 5.46. The molecule has 2 amide bonds. The van der Waals surface area contributed by atoms with Crippen LogP contribution >= 0.6 is 0 Å². The summed E-state index contributed by atoms with van der Waals surface area (Å²) in [6, 6.07) is 12.7. The second-order valence-electron chi connectivity index (χ2n) is 8.52. The van der Waals surface area contributed by atoms with Gasteiger partial charge in [0.2, 0.25) is 5.91 Å². The van der Waals surface area contributed by atoms with E-state index >= 15 is 0 Å². The van der Waals surface area contributed by atoms with Crippen LogP contribution in [0.4, 0.5) is 4.39 Å². The Balaban J connectivity index is 1.74. The summed E-state index contributed by atoms with van der Waals surface area (Å²) in [7, 11) is 1.50. The molecule has 2 aromatic carbocycles. The molecule has 0 saturated carbocycles. The summed E-state index contributed by atoms with van der Waals surface area (Å²) < 4.78 is 24.7. The molecule has 1 fully saturated rings. The van der Waals surface area contributed by atoms with Crippen LogP contribution in [0.15, 0.2) is 48.5 Å². The molecule has 1 saturated heterocycles. The van der Waals surface area contributed by atoms with Crippen molar-refractivity contribution in [2.45, 2.75) is 38.1 Å². The average Bonchev–Trinajstić information content (AvgIpc) is 2.81. The maximum absolute atomic E-state index is 13.9. The van der Waals surface area contributed by atoms with E-state index in [-0.39, 0.29) is 23.5 Å². The number of halogens is 1. The molecule has 32 heavy (non-hydrogen) atoms. The lowest BCUT2D eigenvalue weighted by atomic mass is 9.74. The van der Waals surface area contributed by atoms with E-state index in [2.05, 4.69) is 10.6 Å². The van der Waals surface area contributed by atoms with E-state index in [1.807, 2.05) is 19.9 Å². The van der Waals surface area contributed by atoms with Crippen LogP contribution in [0, 0.1) is 11.7 Å². The number of methoxy groups -OCH3 is 1. The Morgan fingerprint density at radius 3 is 2.50 bits per heavy atom. The summed E-state index contributed by atoms with van der Waals surface area (Å²) in [6.07, 6.45) is 1.35. The van der Waals surface area contributed by atoms with E-state index in [0.717, 1.165) is 5.56 Å². The minimum Gasteiger partial charge on any atom is -0.496 e. The number of benzene rings is 2. The molecular weight excluding hydrogens is 411 g/mol. The first kappa shape index (κ1) is 23.7. The van der Waals surface area contributed by atoms with E-state index in [1.165, 1.54) is 19.2 Å². The Kier molecular flexibility index (Phi) is 7.85. The maximum Gasteiger partial charge on any atom is 0.255 e. The van der Waals surface area contributed by atoms with Crippen molar-refractivity contribution < 1.29 is 23.5 Å². The molecule has 7 heteroatoms. The van der Waals surface area contributed by atoms with Gasteiger partial charge in [0.1, 0.15) is 17.6 Å². The number of carbonyl (C=O) groups is 2. The van der Waals surface area contributed by atoms with Gasteiger partial charge in [0, 0.05) is 25.2 Å². The molecule has 1 aliphatic heterocycles. The lowest BCUT2D eigenvalue weighted by molar-refractivity contribution is -0.124. The molecule has 0 aromatic heterocycles. The number of rotatable bonds is 8. The minimum absolute atomic E-state index is 0.131. The van der Waals surface area contributed by atoms with Crippen LogP contribution in [0.25, 0.3) is 0 Å². The van der Waals surface area contributed by atoms with Crippen LogP contribution in [0.3, 0.4) is 0 Å². The van der Waals surface area contributed by atoms with Crippen molar-refractivity contribution in [1.82, 2.24) is 10.6 Å². The van der Waals surface area contributed by atoms with Gasteiger partial charge in [-0.25, -0.2) is 4.39 Å². The fourth-order valence-electron chi connectivity index (χ4n) is 4.10. The lowest BCUT2D eigenvalue weighted by Crippen LogP contribution is -2.53. The van der Waals surface area contributed by atoms with Crippen LogP contribution in [0.2, 0.25) is 0 Å². The van der Waals surface area contributed by atoms with E-state index in [0.29, 0.717) is 43.9 Å². The summed E-state index contributed by atoms with van der Waals surface area (Å²) in [6.45, 7) is 5.19. The van der Waals surface area contributed by atoms with Crippen molar-refractivity contribution in [3.63, 3.8) is 0 Å². The molecule has 2 N–H and O–H groups in total. The second kappa shape index (κ2) is 10.6. The Morgan fingerprint density at radius 2 is 1.84 bits per heavy atom. The normalized spacial score (nSPS) is 16.3. The van der Waals surface area contributed by atoms with E-state index in [4.69, 9.17) is 9.47 Å². The van der Waals surface area contributed by atoms with Gasteiger partial charge >= 0.3 is 0 Å². The minimum atomic E-state index is -0.725. The van der Waals surface area contributed by atoms with Gasteiger partial charge in [-0.2, -0.15) is 0 Å². The molecule has 0 aliphatic carbocycles. The van der Waals surface area contributed by atoms with Gasteiger partial charge in [0.15, 0.2) is 0 Å². The third-order valence-corrected chi connectivity index (χ3v) is 6.08. The van der Waals surface area contributed by atoms with Gasteiger partial charge in [-0.15, -0.1) is 0 Å². The van der Waals surface area contributed by atoms with Gasteiger partial charge in [0.25, 0.3) is 5.91 Å². The van der Waals surface area contributed by atoms with Crippen molar-refractivity contribution in [3.8, 4) is 5.75 Å². The van der Waals surface area contributed by atoms with E-state index in [1.54, 1.807) is 30.3 Å². The van der Waals surface area contributed by atoms with Gasteiger partial charge in [-0.1, -0.05) is 38.1 Å². The number of nitrogens with one attached hydrogen (secondary N) is 2. The number of carbonyl (C=O) groups excluding carboxylic acids is 2. The monoisotopic (exact) mass is 442 g/mol. The molecule has 0 radical (unpaired) electrons. The van der Waals surface area contributed by atoms with Crippen LogP contribution in [-0.4, -0.2) is 44.7 Å². The quantitative estimate of drug-likeness (QED) is 0.657. The van der Waals surface area contributed by atoms with Crippen molar-refractivity contribution in [1.29, 1.82) is 0 Å². The highest BCUT2D eigenvalue weighted by Gasteiger charge is 2.36. The number of amides is 2. The summed E-state index contributed by atoms with van der Waals surface area (Å²) in [5.74, 6) is -0.634. The van der Waals surface area contributed by atoms with E-state index in [9.17, 15) is 14.0 Å². The zero-order chi connectivity index (χ0) is 23.1. The molecule has 1 heterocycles. The van der Waals surface area contributed by atoms with Gasteiger partial charge < -0.3 is 20.1 Å². The fourth-order valence-corrected chi connectivity index (χ4v) is 4.10. The zero-order valence-electron chi connectivity index (χ0n) is 18.8. The predicted octanol–water partition coefficient (Wildman–Crippen LogP) is 3.45. The molecule has 0 bridgehead atoms. The Bertz CT molecular complexity index is 941. The molecule has 172 valence electrons. The number of para-hydroxylation sites is 1. The van der Waals surface area contributed by atoms with Crippen LogP contribution in [0.1, 0.15) is 42.6 Å². The topological polar surface area (TPSA) is 76.7 Å². The van der Waals surface area contributed by atoms with Gasteiger partial charge in [-0.05, 0) is 48.6 Å². The molecule has 1 atom stereocenters. The molecule has 3 rings (SSSR count). The van der Waals surface area contributed by atoms with Crippen molar-refractivity contribution >= 4 is 11.8 Å². The number of ether oxygens (including phenoxy) is 2. The smallest absolute Gasteiger partial charge is 0.255 e. The molecule has 1 aliphatic rings. The first-order valence-corrected chi connectivity index (χ1v) is 10.9. The first-order valence-electron chi connectivity index (χ1n) is 10.9. The van der Waals surface area contributed by atoms with Crippen LogP contribution in [0.5, 0.6) is 5.75 Å². The fraction of sp³-hybridized carbons (Fsp3) is 0.440. The molecule has 2 aromatic rings. The highest BCUT2D eigenvalue weighted by atomic mass is 19.1. The molecule has 1 unspecified atom stereocenters. The highest BCUT2D eigenvalue weighted by Crippen LogP contribution is 2.34. The molecule has 0 spiro atoms. The third-order valence-electron chi connectivity index (χ3n) is 6.08. The Labute approximate surface area is 188 Å². The summed E-state index contributed by atoms with van der Waals surface area (Å²) in [5, 5.41) is 5.86. The van der Waals surface area contributed by atoms with Gasteiger partial charge in [0.05, 0.1) is 12.7 Å². The Hall–Kier alpha value is -2.93. The number of hydrogen-bond donors (Lipinski definition) is 2.